The van der Waals surface area contributed by atoms with Crippen LogP contribution in [0.3, 0.4) is 0 Å². The van der Waals surface area contributed by atoms with E-state index in [1.807, 2.05) is 0 Å². The summed E-state index contributed by atoms with van der Waals surface area (Å²) in [5.74, 6) is -0.133. The van der Waals surface area contributed by atoms with Gasteiger partial charge < -0.3 is 20.3 Å². The van der Waals surface area contributed by atoms with Crippen LogP contribution < -0.4 is 15.4 Å². The molecule has 0 bridgehead atoms. The van der Waals surface area contributed by atoms with Gasteiger partial charge in [-0.05, 0) is 42.5 Å². The number of piperazine rings is 1. The Kier molecular flexibility index (Phi) is 7.65. The summed E-state index contributed by atoms with van der Waals surface area (Å²) >= 11 is 0. The van der Waals surface area contributed by atoms with Crippen molar-refractivity contribution in [2.45, 2.75) is 11.3 Å². The van der Waals surface area contributed by atoms with E-state index in [-0.39, 0.29) is 49.9 Å². The second-order valence-electron chi connectivity index (χ2n) is 7.10. The minimum atomic E-state index is -3.81. The molecule has 32 heavy (non-hydrogen) atoms. The van der Waals surface area contributed by atoms with Crippen molar-refractivity contribution in [2.24, 2.45) is 0 Å². The lowest BCUT2D eigenvalue weighted by Gasteiger charge is -2.34. The Labute approximate surface area is 186 Å². The summed E-state index contributed by atoms with van der Waals surface area (Å²) in [7, 11) is -2.26. The molecule has 9 nitrogen and oxygen atoms in total. The van der Waals surface area contributed by atoms with Gasteiger partial charge in [-0.25, -0.2) is 17.6 Å². The molecule has 3 amide bonds. The number of anilines is 1. The van der Waals surface area contributed by atoms with Gasteiger partial charge in [0.25, 0.3) is 0 Å². The van der Waals surface area contributed by atoms with Gasteiger partial charge in [0.15, 0.2) is 0 Å². The van der Waals surface area contributed by atoms with Gasteiger partial charge >= 0.3 is 6.03 Å². The highest BCUT2D eigenvalue weighted by molar-refractivity contribution is 7.89. The van der Waals surface area contributed by atoms with Crippen LogP contribution in [-0.4, -0.2) is 69.4 Å². The third kappa shape index (κ3) is 5.95. The van der Waals surface area contributed by atoms with E-state index < -0.39 is 21.9 Å². The summed E-state index contributed by atoms with van der Waals surface area (Å²) in [6.45, 7) is 0.839. The van der Waals surface area contributed by atoms with E-state index in [1.165, 1.54) is 22.5 Å². The van der Waals surface area contributed by atoms with Crippen LogP contribution >= 0.6 is 0 Å². The predicted octanol–water partition coefficient (Wildman–Crippen LogP) is 1.88. The monoisotopic (exact) mass is 464 g/mol. The summed E-state index contributed by atoms with van der Waals surface area (Å²) < 4.78 is 45.0. The molecule has 0 aromatic heterocycles. The number of benzene rings is 2. The van der Waals surface area contributed by atoms with Crippen LogP contribution in [0.2, 0.25) is 0 Å². The summed E-state index contributed by atoms with van der Waals surface area (Å²) in [5, 5.41) is 5.28. The van der Waals surface area contributed by atoms with Crippen LogP contribution in [-0.2, 0) is 14.8 Å². The zero-order valence-electron chi connectivity index (χ0n) is 17.6. The van der Waals surface area contributed by atoms with Gasteiger partial charge in [0.05, 0.1) is 12.0 Å². The number of ether oxygens (including phenoxy) is 1. The molecule has 1 saturated heterocycles. The Morgan fingerprint density at radius 1 is 1.06 bits per heavy atom. The number of halogens is 1. The van der Waals surface area contributed by atoms with Crippen molar-refractivity contribution in [3.63, 3.8) is 0 Å². The maximum atomic E-state index is 13.4. The molecule has 1 heterocycles. The molecule has 0 atom stereocenters. The maximum Gasteiger partial charge on any atom is 0.319 e. The van der Waals surface area contributed by atoms with Gasteiger partial charge in [0.2, 0.25) is 15.9 Å². The van der Waals surface area contributed by atoms with Crippen LogP contribution in [0, 0.1) is 5.82 Å². The number of nitrogens with one attached hydrogen (secondary N) is 2. The predicted molar refractivity (Wildman–Crippen MR) is 116 cm³/mol. The number of sulfonamides is 1. The second kappa shape index (κ2) is 10.4. The number of hydrogen-bond donors (Lipinski definition) is 2. The van der Waals surface area contributed by atoms with Crippen molar-refractivity contribution < 1.29 is 27.1 Å². The highest BCUT2D eigenvalue weighted by Gasteiger charge is 2.30. The van der Waals surface area contributed by atoms with Crippen molar-refractivity contribution in [1.29, 1.82) is 0 Å². The minimum Gasteiger partial charge on any atom is -0.497 e. The van der Waals surface area contributed by atoms with Crippen LogP contribution in [0.5, 0.6) is 5.75 Å². The van der Waals surface area contributed by atoms with E-state index in [0.29, 0.717) is 11.4 Å². The first-order valence-electron chi connectivity index (χ1n) is 10.0. The molecule has 2 aromatic rings. The molecule has 11 heteroatoms. The minimum absolute atomic E-state index is 0.0900. The van der Waals surface area contributed by atoms with E-state index in [2.05, 4.69) is 10.6 Å². The first-order chi connectivity index (χ1) is 15.3. The lowest BCUT2D eigenvalue weighted by molar-refractivity contribution is -0.132. The van der Waals surface area contributed by atoms with E-state index in [9.17, 15) is 22.4 Å². The fourth-order valence-corrected chi connectivity index (χ4v) is 4.70. The molecule has 1 fully saturated rings. The van der Waals surface area contributed by atoms with Crippen LogP contribution in [0.4, 0.5) is 14.9 Å². The second-order valence-corrected chi connectivity index (χ2v) is 9.04. The lowest BCUT2D eigenvalue weighted by atomic mass is 10.3. The van der Waals surface area contributed by atoms with E-state index in [4.69, 9.17) is 4.74 Å². The van der Waals surface area contributed by atoms with Gasteiger partial charge in [-0.3, -0.25) is 4.79 Å². The molecule has 0 saturated carbocycles. The molecule has 172 valence electrons. The Hall–Kier alpha value is -3.18. The number of methoxy groups -OCH3 is 1. The Bertz CT molecular complexity index is 1050. The Morgan fingerprint density at radius 3 is 2.38 bits per heavy atom. The number of urea groups is 1. The number of rotatable bonds is 7. The van der Waals surface area contributed by atoms with E-state index in [1.54, 1.807) is 36.3 Å². The topological polar surface area (TPSA) is 108 Å². The number of carbonyl (C=O) groups excluding carboxylic acids is 2. The number of nitrogens with zero attached hydrogens (tertiary/aromatic N) is 2. The molecule has 2 N–H and O–H groups in total. The van der Waals surface area contributed by atoms with Gasteiger partial charge in [-0.15, -0.1) is 0 Å². The van der Waals surface area contributed by atoms with E-state index >= 15 is 0 Å². The SMILES string of the molecule is COc1ccc(NC(=O)NCCC(=O)N2CCN(S(=O)(=O)c3cccc(F)c3)CC2)cc1. The van der Waals surface area contributed by atoms with Gasteiger partial charge in [-0.1, -0.05) is 6.07 Å². The first kappa shape index (κ1) is 23.5. The maximum absolute atomic E-state index is 13.4. The van der Waals surface area contributed by atoms with Gasteiger partial charge in [-0.2, -0.15) is 4.31 Å². The van der Waals surface area contributed by atoms with Crippen molar-refractivity contribution in [3.05, 3.63) is 54.3 Å². The normalized spacial score (nSPS) is 14.6. The molecule has 0 aliphatic carbocycles. The van der Waals surface area contributed by atoms with Crippen molar-refractivity contribution in [2.75, 3.05) is 45.2 Å². The smallest absolute Gasteiger partial charge is 0.319 e. The van der Waals surface area contributed by atoms with Crippen LogP contribution in [0.25, 0.3) is 0 Å². The fraction of sp³-hybridized carbons (Fsp3) is 0.333. The third-order valence-electron chi connectivity index (χ3n) is 5.00. The number of carbonyl (C=O) groups is 2. The van der Waals surface area contributed by atoms with Crippen molar-refractivity contribution in [1.82, 2.24) is 14.5 Å². The van der Waals surface area contributed by atoms with Crippen molar-refractivity contribution in [3.8, 4) is 5.75 Å². The van der Waals surface area contributed by atoms with Crippen LogP contribution in [0.15, 0.2) is 53.4 Å². The summed E-state index contributed by atoms with van der Waals surface area (Å²) in [4.78, 5) is 25.8. The average molecular weight is 465 g/mol. The van der Waals surface area contributed by atoms with Crippen molar-refractivity contribution >= 4 is 27.6 Å². The summed E-state index contributed by atoms with van der Waals surface area (Å²) in [6.07, 6.45) is 0.0900. The highest BCUT2D eigenvalue weighted by Crippen LogP contribution is 2.19. The Morgan fingerprint density at radius 2 is 1.75 bits per heavy atom. The largest absolute Gasteiger partial charge is 0.497 e. The first-order valence-corrected chi connectivity index (χ1v) is 11.5. The average Bonchev–Trinajstić information content (AvgIpc) is 2.79. The highest BCUT2D eigenvalue weighted by atomic mass is 32.2. The molecular formula is C21H25FN4O5S. The quantitative estimate of drug-likeness (QED) is 0.651. The molecule has 0 spiro atoms. The lowest BCUT2D eigenvalue weighted by Crippen LogP contribution is -2.50. The molecule has 1 aliphatic rings. The molecule has 2 aromatic carbocycles. The zero-order chi connectivity index (χ0) is 23.1. The Balaban J connectivity index is 1.42. The van der Waals surface area contributed by atoms with Crippen LogP contribution in [0.1, 0.15) is 6.42 Å². The number of amides is 3. The molecular weight excluding hydrogens is 439 g/mol. The number of hydrogen-bond acceptors (Lipinski definition) is 5. The summed E-state index contributed by atoms with van der Waals surface area (Å²) in [5.41, 5.74) is 0.588. The third-order valence-corrected chi connectivity index (χ3v) is 6.89. The summed E-state index contributed by atoms with van der Waals surface area (Å²) in [6, 6.07) is 11.2. The molecule has 0 radical (unpaired) electrons. The van der Waals surface area contributed by atoms with Gasteiger partial charge in [0, 0.05) is 44.8 Å². The standard InChI is InChI=1S/C21H25FN4O5S/c1-31-18-7-5-17(6-8-18)24-21(28)23-10-9-20(27)25-11-13-26(14-12-25)32(29,30)19-4-2-3-16(22)15-19/h2-8,15H,9-14H2,1H3,(H2,23,24,28). The molecule has 1 aliphatic heterocycles. The zero-order valence-corrected chi connectivity index (χ0v) is 18.4. The fourth-order valence-electron chi connectivity index (χ4n) is 3.25. The molecule has 0 unspecified atom stereocenters. The van der Waals surface area contributed by atoms with Gasteiger partial charge in [0.1, 0.15) is 11.6 Å². The molecule has 3 rings (SSSR count). The van der Waals surface area contributed by atoms with E-state index in [0.717, 1.165) is 6.07 Å².